The number of rotatable bonds is 7. The molecule has 2 unspecified atom stereocenters. The van der Waals surface area contributed by atoms with Crippen LogP contribution in [0.3, 0.4) is 0 Å². The second kappa shape index (κ2) is 13.2. The average molecular weight is 595 g/mol. The Hall–Kier alpha value is -2.90. The van der Waals surface area contributed by atoms with E-state index in [1.165, 1.54) is 53.2 Å². The molecule has 0 spiro atoms. The molecule has 2 saturated heterocycles. The maximum Gasteiger partial charge on any atom is 0.0631 e. The van der Waals surface area contributed by atoms with Crippen LogP contribution in [0.2, 0.25) is 0 Å². The van der Waals surface area contributed by atoms with E-state index in [0.29, 0.717) is 12.1 Å². The number of benzene rings is 4. The second-order valence-corrected chi connectivity index (χ2v) is 13.8. The molecule has 6 rings (SSSR count). The zero-order valence-electron chi connectivity index (χ0n) is 25.2. The van der Waals surface area contributed by atoms with Gasteiger partial charge in [0.15, 0.2) is 0 Å². The Balaban J connectivity index is 1.32. The summed E-state index contributed by atoms with van der Waals surface area (Å²) in [6.07, 6.45) is 0. The molecule has 42 heavy (non-hydrogen) atoms. The van der Waals surface area contributed by atoms with E-state index in [4.69, 9.17) is 0 Å². The molecular formula is C36H42N4S2. The first-order chi connectivity index (χ1) is 20.5. The fourth-order valence-electron chi connectivity index (χ4n) is 6.36. The van der Waals surface area contributed by atoms with E-state index in [-0.39, 0.29) is 0 Å². The Morgan fingerprint density at radius 2 is 0.976 bits per heavy atom. The van der Waals surface area contributed by atoms with Crippen molar-refractivity contribution in [2.75, 3.05) is 49.1 Å². The van der Waals surface area contributed by atoms with Gasteiger partial charge in [-0.05, 0) is 75.2 Å². The average Bonchev–Trinajstić information content (AvgIpc) is 3.00. The summed E-state index contributed by atoms with van der Waals surface area (Å²) in [5, 5.41) is 7.49. The molecule has 218 valence electrons. The highest BCUT2D eigenvalue weighted by atomic mass is 32.2. The van der Waals surface area contributed by atoms with Crippen LogP contribution in [0.4, 0.5) is 11.4 Å². The van der Waals surface area contributed by atoms with E-state index in [9.17, 15) is 0 Å². The topological polar surface area (TPSA) is 30.5 Å². The van der Waals surface area contributed by atoms with E-state index in [1.807, 2.05) is 23.5 Å². The SMILES string of the molecule is Cc1ccc(Sc2ccccc2N2CCNCC2C2CNCCN2c2ccccc2Sc2ccc(C)cc2C)c(C)c1. The second-order valence-electron chi connectivity index (χ2n) is 11.6. The van der Waals surface area contributed by atoms with Gasteiger partial charge in [-0.25, -0.2) is 0 Å². The lowest BCUT2D eigenvalue weighted by atomic mass is 9.98. The van der Waals surface area contributed by atoms with Crippen LogP contribution in [0, 0.1) is 27.7 Å². The molecule has 0 bridgehead atoms. The maximum absolute atomic E-state index is 3.75. The largest absolute Gasteiger partial charge is 0.363 e. The van der Waals surface area contributed by atoms with Crippen LogP contribution >= 0.6 is 23.5 Å². The standard InChI is InChI=1S/C36H42N4S2/c1-25-13-15-33(27(3)21-25)41-35-11-7-5-9-29(35)39-19-17-37-23-31(39)32-24-38-18-20-40(32)30-10-6-8-12-36(30)42-34-16-14-26(2)22-28(34)4/h5-16,21-22,31-32,37-38H,17-20,23-24H2,1-4H3. The minimum absolute atomic E-state index is 0.339. The van der Waals surface area contributed by atoms with Crippen LogP contribution in [-0.2, 0) is 0 Å². The highest BCUT2D eigenvalue weighted by molar-refractivity contribution is 7.99. The summed E-state index contributed by atoms with van der Waals surface area (Å²) >= 11 is 3.80. The van der Waals surface area contributed by atoms with Crippen molar-refractivity contribution in [2.45, 2.75) is 59.4 Å². The summed E-state index contributed by atoms with van der Waals surface area (Å²) in [6, 6.07) is 32.3. The molecule has 2 aliphatic heterocycles. The van der Waals surface area contributed by atoms with Crippen molar-refractivity contribution in [1.82, 2.24) is 10.6 Å². The third kappa shape index (κ3) is 6.37. The molecule has 2 heterocycles. The van der Waals surface area contributed by atoms with Crippen LogP contribution in [0.25, 0.3) is 0 Å². The smallest absolute Gasteiger partial charge is 0.0631 e. The summed E-state index contributed by atoms with van der Waals surface area (Å²) in [5.41, 5.74) is 8.00. The third-order valence-electron chi connectivity index (χ3n) is 8.46. The van der Waals surface area contributed by atoms with E-state index >= 15 is 0 Å². The predicted octanol–water partition coefficient (Wildman–Crippen LogP) is 7.48. The van der Waals surface area contributed by atoms with Crippen LogP contribution in [0.1, 0.15) is 22.3 Å². The van der Waals surface area contributed by atoms with Crippen molar-refractivity contribution in [2.24, 2.45) is 0 Å². The molecule has 4 aromatic rings. The Bertz CT molecular complexity index is 1420. The number of piperazine rings is 2. The Morgan fingerprint density at radius 1 is 0.548 bits per heavy atom. The molecule has 0 radical (unpaired) electrons. The first-order valence-electron chi connectivity index (χ1n) is 15.1. The van der Waals surface area contributed by atoms with Gasteiger partial charge in [0, 0.05) is 58.9 Å². The molecule has 2 fully saturated rings. The molecule has 4 aromatic carbocycles. The molecule has 6 heteroatoms. The Kier molecular flexibility index (Phi) is 9.15. The van der Waals surface area contributed by atoms with Gasteiger partial charge in [-0.1, -0.05) is 83.2 Å². The zero-order chi connectivity index (χ0) is 29.1. The lowest BCUT2D eigenvalue weighted by Gasteiger charge is -2.49. The van der Waals surface area contributed by atoms with Crippen molar-refractivity contribution in [3.63, 3.8) is 0 Å². The number of hydrogen-bond donors (Lipinski definition) is 2. The van der Waals surface area contributed by atoms with Crippen LogP contribution in [0.5, 0.6) is 0 Å². The van der Waals surface area contributed by atoms with Gasteiger partial charge in [0.2, 0.25) is 0 Å². The van der Waals surface area contributed by atoms with E-state index in [0.717, 1.165) is 39.3 Å². The summed E-state index contributed by atoms with van der Waals surface area (Å²) in [7, 11) is 0. The van der Waals surface area contributed by atoms with Gasteiger partial charge in [-0.3, -0.25) is 0 Å². The normalized spacial score (nSPS) is 19.2. The lowest BCUT2D eigenvalue weighted by molar-refractivity contribution is 0.359. The number of nitrogens with zero attached hydrogens (tertiary/aromatic N) is 2. The summed E-state index contributed by atoms with van der Waals surface area (Å²) in [4.78, 5) is 10.7. The fourth-order valence-corrected chi connectivity index (χ4v) is 8.42. The van der Waals surface area contributed by atoms with Crippen molar-refractivity contribution >= 4 is 34.9 Å². The summed E-state index contributed by atoms with van der Waals surface area (Å²) in [5.74, 6) is 0. The molecule has 0 saturated carbocycles. The molecule has 0 aromatic heterocycles. The van der Waals surface area contributed by atoms with Crippen LogP contribution < -0.4 is 20.4 Å². The van der Waals surface area contributed by atoms with Crippen molar-refractivity contribution in [3.05, 3.63) is 107 Å². The number of nitrogens with one attached hydrogen (secondary N) is 2. The monoisotopic (exact) mass is 594 g/mol. The van der Waals surface area contributed by atoms with Gasteiger partial charge in [0.05, 0.1) is 23.5 Å². The predicted molar refractivity (Wildman–Crippen MR) is 181 cm³/mol. The minimum atomic E-state index is 0.339. The van der Waals surface area contributed by atoms with Gasteiger partial charge in [-0.2, -0.15) is 0 Å². The molecule has 2 aliphatic rings. The quantitative estimate of drug-likeness (QED) is 0.231. The van der Waals surface area contributed by atoms with Crippen LogP contribution in [0.15, 0.2) is 105 Å². The van der Waals surface area contributed by atoms with E-state index in [1.54, 1.807) is 0 Å². The van der Waals surface area contributed by atoms with Gasteiger partial charge < -0.3 is 20.4 Å². The Morgan fingerprint density at radius 3 is 1.40 bits per heavy atom. The molecule has 4 nitrogen and oxygen atoms in total. The summed E-state index contributed by atoms with van der Waals surface area (Å²) < 4.78 is 0. The fraction of sp³-hybridized carbons (Fsp3) is 0.333. The molecule has 0 amide bonds. The maximum atomic E-state index is 3.75. The summed E-state index contributed by atoms with van der Waals surface area (Å²) in [6.45, 7) is 14.7. The zero-order valence-corrected chi connectivity index (χ0v) is 26.8. The molecular weight excluding hydrogens is 553 g/mol. The van der Waals surface area contributed by atoms with Crippen molar-refractivity contribution < 1.29 is 0 Å². The number of hydrogen-bond acceptors (Lipinski definition) is 6. The Labute approximate surface area is 260 Å². The van der Waals surface area contributed by atoms with Gasteiger partial charge in [0.25, 0.3) is 0 Å². The van der Waals surface area contributed by atoms with Gasteiger partial charge in [0.1, 0.15) is 0 Å². The van der Waals surface area contributed by atoms with Crippen LogP contribution in [-0.4, -0.2) is 51.4 Å². The van der Waals surface area contributed by atoms with E-state index < -0.39 is 0 Å². The first kappa shape index (κ1) is 29.2. The minimum Gasteiger partial charge on any atom is -0.363 e. The molecule has 2 N–H and O–H groups in total. The molecule has 0 aliphatic carbocycles. The van der Waals surface area contributed by atoms with Gasteiger partial charge >= 0.3 is 0 Å². The van der Waals surface area contributed by atoms with Crippen molar-refractivity contribution in [1.29, 1.82) is 0 Å². The van der Waals surface area contributed by atoms with Crippen molar-refractivity contribution in [3.8, 4) is 0 Å². The highest BCUT2D eigenvalue weighted by Gasteiger charge is 2.37. The lowest BCUT2D eigenvalue weighted by Crippen LogP contribution is -2.66. The van der Waals surface area contributed by atoms with E-state index in [2.05, 4.69) is 133 Å². The highest BCUT2D eigenvalue weighted by Crippen LogP contribution is 2.41. The third-order valence-corrected chi connectivity index (χ3v) is 10.9. The number of para-hydroxylation sites is 2. The molecule has 2 atom stereocenters. The van der Waals surface area contributed by atoms with Gasteiger partial charge in [-0.15, -0.1) is 0 Å². The number of aryl methyl sites for hydroxylation is 4. The number of anilines is 2. The first-order valence-corrected chi connectivity index (χ1v) is 16.7.